The Morgan fingerprint density at radius 1 is 0.897 bits per heavy atom. The molecule has 6 nitrogen and oxygen atoms in total. The smallest absolute Gasteiger partial charge is 0.255 e. The molecule has 7 heteroatoms. The quantitative estimate of drug-likeness (QED) is 0.249. The molecule has 2 aromatic heterocycles. The minimum absolute atomic E-state index is 0.168. The van der Waals surface area contributed by atoms with Gasteiger partial charge in [-0.25, -0.2) is 4.39 Å². The van der Waals surface area contributed by atoms with E-state index in [4.69, 9.17) is 4.42 Å². The lowest BCUT2D eigenvalue weighted by Gasteiger charge is -2.14. The summed E-state index contributed by atoms with van der Waals surface area (Å²) in [7, 11) is 1.55. The maximum atomic E-state index is 13.5. The summed E-state index contributed by atoms with van der Waals surface area (Å²) in [6, 6.07) is 20.9. The molecule has 3 aromatic carbocycles. The van der Waals surface area contributed by atoms with Gasteiger partial charge < -0.3 is 15.1 Å². The molecule has 0 unspecified atom stereocenters. The van der Waals surface area contributed by atoms with Crippen LogP contribution in [0.2, 0.25) is 0 Å². The Morgan fingerprint density at radius 2 is 1.62 bits per heavy atom. The summed E-state index contributed by atoms with van der Waals surface area (Å²) in [5.41, 5.74) is 5.27. The Balaban J connectivity index is 1.64. The second kappa shape index (κ2) is 10.9. The van der Waals surface area contributed by atoms with Gasteiger partial charge in [-0.05, 0) is 71.1 Å². The van der Waals surface area contributed by atoms with Crippen molar-refractivity contribution in [3.63, 3.8) is 0 Å². The van der Waals surface area contributed by atoms with E-state index in [1.165, 1.54) is 12.1 Å². The van der Waals surface area contributed by atoms with E-state index >= 15 is 0 Å². The third-order valence-corrected chi connectivity index (χ3v) is 6.49. The molecule has 0 bridgehead atoms. The number of hydrogen-bond acceptors (Lipinski definition) is 4. The van der Waals surface area contributed by atoms with Crippen LogP contribution in [0.15, 0.2) is 89.6 Å². The van der Waals surface area contributed by atoms with Gasteiger partial charge >= 0.3 is 0 Å². The first-order chi connectivity index (χ1) is 18.9. The highest BCUT2D eigenvalue weighted by atomic mass is 19.1. The molecule has 39 heavy (non-hydrogen) atoms. The predicted molar refractivity (Wildman–Crippen MR) is 151 cm³/mol. The number of halogens is 1. The fourth-order valence-corrected chi connectivity index (χ4v) is 4.51. The molecule has 196 valence electrons. The number of pyridine rings is 1. The Bertz CT molecular complexity index is 1660. The van der Waals surface area contributed by atoms with Gasteiger partial charge in [0.15, 0.2) is 0 Å². The monoisotopic (exact) mass is 521 g/mol. The van der Waals surface area contributed by atoms with E-state index in [-0.39, 0.29) is 17.6 Å². The van der Waals surface area contributed by atoms with Crippen LogP contribution in [-0.2, 0) is 0 Å². The zero-order chi connectivity index (χ0) is 27.5. The Kier molecular flexibility index (Phi) is 7.23. The predicted octanol–water partition coefficient (Wildman–Crippen LogP) is 6.71. The Labute approximate surface area is 225 Å². The van der Waals surface area contributed by atoms with Crippen molar-refractivity contribution in [3.8, 4) is 33.6 Å². The molecule has 2 amide bonds. The number of nitrogens with zero attached hydrogens (tertiary/aromatic N) is 1. The second-order valence-corrected chi connectivity index (χ2v) is 9.71. The molecular formula is C32H28FN3O3. The molecule has 2 N–H and O–H groups in total. The summed E-state index contributed by atoms with van der Waals surface area (Å²) >= 11 is 0. The summed E-state index contributed by atoms with van der Waals surface area (Å²) in [5, 5.41) is 6.32. The van der Waals surface area contributed by atoms with Crippen molar-refractivity contribution in [2.24, 2.45) is 5.92 Å². The molecule has 0 saturated carbocycles. The molecular weight excluding hydrogens is 493 g/mol. The molecule has 0 spiro atoms. The largest absolute Gasteiger partial charge is 0.455 e. The number of fused-ring (bicyclic) bond motifs is 1. The molecule has 0 aliphatic heterocycles. The average molecular weight is 522 g/mol. The molecule has 0 saturated heterocycles. The molecule has 0 fully saturated rings. The van der Waals surface area contributed by atoms with E-state index in [9.17, 15) is 14.0 Å². The third-order valence-electron chi connectivity index (χ3n) is 6.49. The van der Waals surface area contributed by atoms with Crippen LogP contribution in [0, 0.1) is 11.7 Å². The van der Waals surface area contributed by atoms with Crippen molar-refractivity contribution in [3.05, 3.63) is 102 Å². The highest BCUT2D eigenvalue weighted by Crippen LogP contribution is 2.37. The van der Waals surface area contributed by atoms with Crippen LogP contribution in [0.5, 0.6) is 0 Å². The summed E-state index contributed by atoms with van der Waals surface area (Å²) in [6.45, 7) is 4.64. The summed E-state index contributed by atoms with van der Waals surface area (Å²) in [4.78, 5) is 30.5. The van der Waals surface area contributed by atoms with E-state index in [0.29, 0.717) is 45.9 Å². The second-order valence-electron chi connectivity index (χ2n) is 9.71. The number of rotatable bonds is 7. The highest BCUT2D eigenvalue weighted by molar-refractivity contribution is 6.12. The van der Waals surface area contributed by atoms with Crippen molar-refractivity contribution < 1.29 is 18.4 Å². The van der Waals surface area contributed by atoms with Gasteiger partial charge in [0.05, 0.1) is 5.56 Å². The molecule has 0 atom stereocenters. The maximum absolute atomic E-state index is 13.5. The van der Waals surface area contributed by atoms with Crippen LogP contribution in [0.3, 0.4) is 0 Å². The van der Waals surface area contributed by atoms with Gasteiger partial charge in [-0.15, -0.1) is 0 Å². The highest BCUT2D eigenvalue weighted by Gasteiger charge is 2.22. The first-order valence-corrected chi connectivity index (χ1v) is 12.7. The van der Waals surface area contributed by atoms with Crippen LogP contribution in [0.1, 0.15) is 34.6 Å². The Morgan fingerprint density at radius 3 is 2.31 bits per heavy atom. The number of amides is 2. The first-order valence-electron chi connectivity index (χ1n) is 12.7. The van der Waals surface area contributed by atoms with Crippen LogP contribution in [-0.4, -0.2) is 30.4 Å². The Hall–Kier alpha value is -4.78. The van der Waals surface area contributed by atoms with E-state index < -0.39 is 0 Å². The number of benzene rings is 3. The van der Waals surface area contributed by atoms with Gasteiger partial charge in [0.1, 0.15) is 17.2 Å². The number of furan rings is 1. The van der Waals surface area contributed by atoms with Gasteiger partial charge in [0.2, 0.25) is 0 Å². The normalized spacial score (nSPS) is 11.1. The van der Waals surface area contributed by atoms with Crippen LogP contribution < -0.4 is 10.6 Å². The van der Waals surface area contributed by atoms with Gasteiger partial charge in [0.25, 0.3) is 11.8 Å². The van der Waals surface area contributed by atoms with Crippen LogP contribution >= 0.6 is 0 Å². The lowest BCUT2D eigenvalue weighted by Crippen LogP contribution is -2.27. The lowest BCUT2D eigenvalue weighted by atomic mass is 9.94. The van der Waals surface area contributed by atoms with Gasteiger partial charge in [-0.1, -0.05) is 38.1 Å². The topological polar surface area (TPSA) is 84.2 Å². The van der Waals surface area contributed by atoms with E-state index in [0.717, 1.165) is 22.3 Å². The van der Waals surface area contributed by atoms with Gasteiger partial charge in [0, 0.05) is 48.1 Å². The van der Waals surface area contributed by atoms with E-state index in [2.05, 4.69) is 15.6 Å². The van der Waals surface area contributed by atoms with Crippen LogP contribution in [0.4, 0.5) is 4.39 Å². The number of hydrogen-bond donors (Lipinski definition) is 2. The molecule has 5 rings (SSSR count). The van der Waals surface area contributed by atoms with E-state index in [1.807, 2.05) is 56.3 Å². The molecule has 0 aliphatic carbocycles. The van der Waals surface area contributed by atoms with Crippen molar-refractivity contribution in [1.29, 1.82) is 0 Å². The summed E-state index contributed by atoms with van der Waals surface area (Å²) < 4.78 is 19.6. The zero-order valence-electron chi connectivity index (χ0n) is 21.9. The SMILES string of the molecule is CNC(=O)c1c(-c2ccc(F)cc2)oc2ccc(-c3ccc(-c4cccnc4)c(C(=O)NCC(C)C)c3)cc12. The maximum Gasteiger partial charge on any atom is 0.255 e. The first kappa shape index (κ1) is 25.9. The molecule has 2 heterocycles. The van der Waals surface area contributed by atoms with Crippen molar-refractivity contribution in [2.45, 2.75) is 13.8 Å². The van der Waals surface area contributed by atoms with E-state index in [1.54, 1.807) is 37.6 Å². The van der Waals surface area contributed by atoms with Gasteiger partial charge in [-0.2, -0.15) is 0 Å². The van der Waals surface area contributed by atoms with Gasteiger partial charge in [-0.3, -0.25) is 14.6 Å². The van der Waals surface area contributed by atoms with Crippen molar-refractivity contribution >= 4 is 22.8 Å². The fourth-order valence-electron chi connectivity index (χ4n) is 4.51. The number of aromatic nitrogens is 1. The van der Waals surface area contributed by atoms with Crippen LogP contribution in [0.25, 0.3) is 44.5 Å². The van der Waals surface area contributed by atoms with Crippen molar-refractivity contribution in [2.75, 3.05) is 13.6 Å². The van der Waals surface area contributed by atoms with Crippen molar-refractivity contribution in [1.82, 2.24) is 15.6 Å². The fraction of sp³-hybridized carbons (Fsp3) is 0.156. The standard InChI is InChI=1S/C32H28FN3O3/c1-19(2)17-36-31(37)26-15-21(8-12-25(26)23-5-4-14-35-18-23)22-9-13-28-27(16-22)29(32(38)34-3)30(39-28)20-6-10-24(33)11-7-20/h4-16,18-19H,17H2,1-3H3,(H,34,38)(H,36,37). The zero-order valence-corrected chi connectivity index (χ0v) is 21.9. The third kappa shape index (κ3) is 5.29. The average Bonchev–Trinajstić information content (AvgIpc) is 3.34. The summed E-state index contributed by atoms with van der Waals surface area (Å²) in [5.74, 6) is -0.186. The number of nitrogens with one attached hydrogen (secondary N) is 2. The molecule has 0 radical (unpaired) electrons. The number of carbonyl (C=O) groups excluding carboxylic acids is 2. The lowest BCUT2D eigenvalue weighted by molar-refractivity contribution is 0.0946. The minimum Gasteiger partial charge on any atom is -0.455 e. The minimum atomic E-state index is -0.374. The number of carbonyl (C=O) groups is 2. The summed E-state index contributed by atoms with van der Waals surface area (Å²) in [6.07, 6.45) is 3.43. The molecule has 0 aliphatic rings. The molecule has 5 aromatic rings.